The van der Waals surface area contributed by atoms with Gasteiger partial charge in [-0.1, -0.05) is 0 Å². The molecule has 2 heterocycles. The molecule has 0 saturated carbocycles. The van der Waals surface area contributed by atoms with Crippen molar-refractivity contribution in [3.8, 4) is 0 Å². The third kappa shape index (κ3) is 9.39. The quantitative estimate of drug-likeness (QED) is 0.398. The highest BCUT2D eigenvalue weighted by Gasteiger charge is 2.07. The Hall–Kier alpha value is -2.32. The van der Waals surface area contributed by atoms with Gasteiger partial charge in [0.1, 0.15) is 0 Å². The van der Waals surface area contributed by atoms with E-state index in [2.05, 4.69) is 0 Å². The summed E-state index contributed by atoms with van der Waals surface area (Å²) in [6.45, 7) is 1.39. The van der Waals surface area contributed by atoms with Crippen molar-refractivity contribution in [2.45, 2.75) is 13.0 Å². The predicted molar refractivity (Wildman–Crippen MR) is 63.3 cm³/mol. The fraction of sp³-hybridized carbons (Fsp3) is 0.273. The van der Waals surface area contributed by atoms with Crippen LogP contribution in [0.25, 0.3) is 0 Å². The molecule has 19 heavy (non-hydrogen) atoms. The number of amides is 4. The summed E-state index contributed by atoms with van der Waals surface area (Å²) >= 11 is 0. The van der Waals surface area contributed by atoms with Crippen LogP contribution < -0.4 is 10.6 Å². The van der Waals surface area contributed by atoms with Crippen molar-refractivity contribution in [2.24, 2.45) is 0 Å². The third-order valence-electron chi connectivity index (χ3n) is 1.53. The normalized spacial score (nSPS) is 17.0. The van der Waals surface area contributed by atoms with Gasteiger partial charge >= 0.3 is 0 Å². The predicted octanol–water partition coefficient (Wildman–Crippen LogP) is -2.24. The molecule has 0 spiro atoms. The number of nitrogens with one attached hydrogen (secondary N) is 2. The van der Waals surface area contributed by atoms with Crippen molar-refractivity contribution in [1.82, 2.24) is 10.6 Å². The zero-order valence-corrected chi connectivity index (χ0v) is 10.1. The Morgan fingerprint density at radius 2 is 1.11 bits per heavy atom. The second kappa shape index (κ2) is 8.72. The number of hydrogen-bond donors (Lipinski definition) is 4. The highest BCUT2D eigenvalue weighted by molar-refractivity contribution is 6.13. The summed E-state index contributed by atoms with van der Waals surface area (Å²) < 4.78 is 0. The lowest BCUT2D eigenvalue weighted by Crippen LogP contribution is -2.19. The van der Waals surface area contributed by atoms with Gasteiger partial charge in [0.25, 0.3) is 23.6 Å². The first-order chi connectivity index (χ1) is 8.85. The number of rotatable bonds is 1. The SMILES string of the molecule is CC(O)CO.O=C1C=CC(=O)N1.O=C1C=CC(=O)N1. The van der Waals surface area contributed by atoms with E-state index in [1.165, 1.54) is 31.2 Å². The van der Waals surface area contributed by atoms with Crippen molar-refractivity contribution in [2.75, 3.05) is 6.61 Å². The molecule has 2 aliphatic heterocycles. The van der Waals surface area contributed by atoms with E-state index < -0.39 is 6.10 Å². The summed E-state index contributed by atoms with van der Waals surface area (Å²) in [5.41, 5.74) is 0. The molecular weight excluding hydrogens is 256 g/mol. The Balaban J connectivity index is 0.000000261. The first kappa shape index (κ1) is 16.7. The molecular formula is C11H14N2O6. The molecule has 1 unspecified atom stereocenters. The van der Waals surface area contributed by atoms with Gasteiger partial charge in [0.2, 0.25) is 0 Å². The molecule has 0 aliphatic carbocycles. The van der Waals surface area contributed by atoms with Crippen LogP contribution in [-0.4, -0.2) is 46.6 Å². The number of imide groups is 2. The summed E-state index contributed by atoms with van der Waals surface area (Å²) in [6.07, 6.45) is 4.23. The number of aliphatic hydroxyl groups excluding tert-OH is 2. The molecule has 0 fully saturated rings. The minimum Gasteiger partial charge on any atom is -0.394 e. The van der Waals surface area contributed by atoms with Gasteiger partial charge in [0, 0.05) is 24.3 Å². The lowest BCUT2D eigenvalue weighted by atomic mass is 10.5. The molecule has 8 heteroatoms. The van der Waals surface area contributed by atoms with Crippen LogP contribution in [0.15, 0.2) is 24.3 Å². The fourth-order valence-corrected chi connectivity index (χ4v) is 0.712. The molecule has 0 bridgehead atoms. The molecule has 0 saturated heterocycles. The minimum atomic E-state index is -0.560. The van der Waals surface area contributed by atoms with Crippen molar-refractivity contribution < 1.29 is 29.4 Å². The van der Waals surface area contributed by atoms with Crippen LogP contribution >= 0.6 is 0 Å². The summed E-state index contributed by atoms with van der Waals surface area (Å²) in [5, 5.41) is 20.1. The van der Waals surface area contributed by atoms with E-state index in [0.717, 1.165) is 0 Å². The number of aliphatic hydroxyl groups is 2. The molecule has 0 aromatic heterocycles. The maximum absolute atomic E-state index is 10.0. The van der Waals surface area contributed by atoms with Crippen molar-refractivity contribution in [3.63, 3.8) is 0 Å². The van der Waals surface area contributed by atoms with Gasteiger partial charge < -0.3 is 10.2 Å². The molecule has 0 aromatic rings. The smallest absolute Gasteiger partial charge is 0.250 e. The summed E-state index contributed by atoms with van der Waals surface area (Å²) in [4.78, 5) is 40.1. The average molecular weight is 270 g/mol. The highest BCUT2D eigenvalue weighted by Crippen LogP contribution is 1.83. The molecule has 4 N–H and O–H groups in total. The van der Waals surface area contributed by atoms with Crippen molar-refractivity contribution in [3.05, 3.63) is 24.3 Å². The topological polar surface area (TPSA) is 133 Å². The van der Waals surface area contributed by atoms with Crippen LogP contribution in [0.4, 0.5) is 0 Å². The number of carbonyl (C=O) groups excluding carboxylic acids is 4. The second-order valence-corrected chi connectivity index (χ2v) is 3.41. The maximum atomic E-state index is 10.0. The minimum absolute atomic E-state index is 0.139. The van der Waals surface area contributed by atoms with Crippen molar-refractivity contribution >= 4 is 23.6 Å². The first-order valence-corrected chi connectivity index (χ1v) is 5.20. The van der Waals surface area contributed by atoms with Gasteiger partial charge in [-0.2, -0.15) is 0 Å². The summed E-state index contributed by atoms with van der Waals surface area (Å²) in [6, 6.07) is 0. The zero-order valence-electron chi connectivity index (χ0n) is 10.1. The number of carbonyl (C=O) groups is 4. The molecule has 0 aromatic carbocycles. The van der Waals surface area contributed by atoms with E-state index in [1.807, 2.05) is 10.6 Å². The number of hydrogen-bond acceptors (Lipinski definition) is 6. The van der Waals surface area contributed by atoms with E-state index in [9.17, 15) is 19.2 Å². The largest absolute Gasteiger partial charge is 0.394 e. The van der Waals surface area contributed by atoms with E-state index in [1.54, 1.807) is 0 Å². The van der Waals surface area contributed by atoms with Gasteiger partial charge in [0.05, 0.1) is 12.7 Å². The lowest BCUT2D eigenvalue weighted by molar-refractivity contribution is -0.125. The van der Waals surface area contributed by atoms with Crippen LogP contribution in [0, 0.1) is 0 Å². The second-order valence-electron chi connectivity index (χ2n) is 3.41. The molecule has 2 rings (SSSR count). The van der Waals surface area contributed by atoms with E-state index in [0.29, 0.717) is 0 Å². The van der Waals surface area contributed by atoms with Gasteiger partial charge in [-0.3, -0.25) is 29.8 Å². The van der Waals surface area contributed by atoms with E-state index in [4.69, 9.17) is 10.2 Å². The van der Waals surface area contributed by atoms with Crippen molar-refractivity contribution in [1.29, 1.82) is 0 Å². The van der Waals surface area contributed by atoms with Gasteiger partial charge in [0.15, 0.2) is 0 Å². The summed E-state index contributed by atoms with van der Waals surface area (Å²) in [5.74, 6) is -1.31. The Morgan fingerprint density at radius 3 is 1.16 bits per heavy atom. The summed E-state index contributed by atoms with van der Waals surface area (Å²) in [7, 11) is 0. The van der Waals surface area contributed by atoms with Crippen LogP contribution in [0.5, 0.6) is 0 Å². The van der Waals surface area contributed by atoms with Crippen LogP contribution in [-0.2, 0) is 19.2 Å². The average Bonchev–Trinajstić information content (AvgIpc) is 2.89. The molecule has 1 atom stereocenters. The third-order valence-corrected chi connectivity index (χ3v) is 1.53. The maximum Gasteiger partial charge on any atom is 0.250 e. The van der Waals surface area contributed by atoms with Gasteiger partial charge in [-0.25, -0.2) is 0 Å². The van der Waals surface area contributed by atoms with E-state index in [-0.39, 0.29) is 30.2 Å². The van der Waals surface area contributed by atoms with Crippen LogP contribution in [0.2, 0.25) is 0 Å². The van der Waals surface area contributed by atoms with Crippen LogP contribution in [0.3, 0.4) is 0 Å². The molecule has 104 valence electrons. The van der Waals surface area contributed by atoms with E-state index >= 15 is 0 Å². The first-order valence-electron chi connectivity index (χ1n) is 5.20. The Bertz CT molecular complexity index is 357. The molecule has 0 radical (unpaired) electrons. The fourth-order valence-electron chi connectivity index (χ4n) is 0.712. The monoisotopic (exact) mass is 270 g/mol. The molecule has 4 amide bonds. The molecule has 8 nitrogen and oxygen atoms in total. The Morgan fingerprint density at radius 1 is 0.895 bits per heavy atom. The van der Waals surface area contributed by atoms with Gasteiger partial charge in [-0.15, -0.1) is 0 Å². The standard InChI is InChI=1S/2C4H3NO2.C3H8O2/c2*6-3-1-2-4(7)5-3;1-3(5)2-4/h2*1-2H,(H,5,6,7);3-5H,2H2,1H3. The van der Waals surface area contributed by atoms with Crippen LogP contribution in [0.1, 0.15) is 6.92 Å². The van der Waals surface area contributed by atoms with Gasteiger partial charge in [-0.05, 0) is 6.92 Å². The highest BCUT2D eigenvalue weighted by atomic mass is 16.3. The Labute approximate surface area is 108 Å². The Kier molecular flexibility index (Phi) is 7.66. The lowest BCUT2D eigenvalue weighted by Gasteiger charge is -1.90. The zero-order chi connectivity index (χ0) is 14.8. The molecule has 2 aliphatic rings.